The average molecular weight is 527 g/mol. The molecule has 35 heavy (non-hydrogen) atoms. The molecule has 0 bridgehead atoms. The minimum Gasteiger partial charge on any atom is -0.507 e. The first-order chi connectivity index (χ1) is 16.8. The fourth-order valence-electron chi connectivity index (χ4n) is 4.13. The van der Waals surface area contributed by atoms with Crippen molar-refractivity contribution < 1.29 is 19.0 Å². The van der Waals surface area contributed by atoms with Crippen LogP contribution in [0.4, 0.5) is 0 Å². The number of hydrogen-bond donors (Lipinski definition) is 2. The Bertz CT molecular complexity index is 1620. The highest BCUT2D eigenvalue weighted by Gasteiger charge is 2.32. The molecule has 5 rings (SSSR count). The summed E-state index contributed by atoms with van der Waals surface area (Å²) in [6.07, 6.45) is 1.91. The third-order valence-electron chi connectivity index (χ3n) is 5.78. The first kappa shape index (κ1) is 23.4. The molecule has 0 saturated carbocycles. The van der Waals surface area contributed by atoms with E-state index in [-0.39, 0.29) is 33.1 Å². The highest BCUT2D eigenvalue weighted by Crippen LogP contribution is 2.42. The van der Waals surface area contributed by atoms with Crippen LogP contribution in [0.3, 0.4) is 0 Å². The maximum Gasteiger partial charge on any atom is 0.344 e. The van der Waals surface area contributed by atoms with Gasteiger partial charge in [-0.1, -0.05) is 35.3 Å². The number of halogens is 2. The number of fused-ring (bicyclic) bond motifs is 2. The Hall–Kier alpha value is -3.39. The van der Waals surface area contributed by atoms with E-state index in [1.54, 1.807) is 24.3 Å². The highest BCUT2D eigenvalue weighted by molar-refractivity contribution is 7.98. The molecule has 0 spiro atoms. The molecule has 9 heteroatoms. The Balaban J connectivity index is 1.90. The minimum atomic E-state index is -1.22. The van der Waals surface area contributed by atoms with Gasteiger partial charge >= 0.3 is 11.3 Å². The van der Waals surface area contributed by atoms with Gasteiger partial charge in [-0.05, 0) is 60.4 Å². The molecule has 2 N–H and O–H groups in total. The summed E-state index contributed by atoms with van der Waals surface area (Å²) < 4.78 is 10.9. The molecule has 0 unspecified atom stereocenters. The van der Waals surface area contributed by atoms with Crippen LogP contribution in [-0.2, 0) is 0 Å². The maximum atomic E-state index is 13.2. The van der Waals surface area contributed by atoms with Crippen LogP contribution in [0.1, 0.15) is 22.6 Å². The summed E-state index contributed by atoms with van der Waals surface area (Å²) in [4.78, 5) is 27.3. The third-order valence-corrected chi connectivity index (χ3v) is 6.99. The molecule has 3 aromatic carbocycles. The van der Waals surface area contributed by atoms with Crippen LogP contribution in [0.5, 0.6) is 11.5 Å². The lowest BCUT2D eigenvalue weighted by atomic mass is 9.84. The van der Waals surface area contributed by atoms with E-state index in [0.717, 1.165) is 4.90 Å². The van der Waals surface area contributed by atoms with E-state index < -0.39 is 28.7 Å². The van der Waals surface area contributed by atoms with E-state index in [1.165, 1.54) is 48.2 Å². The molecule has 5 aromatic rings. The molecule has 0 fully saturated rings. The molecule has 2 heterocycles. The zero-order valence-corrected chi connectivity index (χ0v) is 20.4. The van der Waals surface area contributed by atoms with Gasteiger partial charge < -0.3 is 19.0 Å². The first-order valence-electron chi connectivity index (χ1n) is 10.3. The van der Waals surface area contributed by atoms with E-state index in [4.69, 9.17) is 32.0 Å². The highest BCUT2D eigenvalue weighted by atomic mass is 35.5. The Morgan fingerprint density at radius 2 is 1.20 bits per heavy atom. The quantitative estimate of drug-likeness (QED) is 0.203. The number of hydrogen-bond acceptors (Lipinski definition) is 7. The van der Waals surface area contributed by atoms with Gasteiger partial charge in [0.2, 0.25) is 0 Å². The predicted molar refractivity (Wildman–Crippen MR) is 137 cm³/mol. The molecule has 0 atom stereocenters. The van der Waals surface area contributed by atoms with Crippen LogP contribution < -0.4 is 11.3 Å². The molecule has 176 valence electrons. The maximum absolute atomic E-state index is 13.2. The lowest BCUT2D eigenvalue weighted by molar-refractivity contribution is 0.441. The van der Waals surface area contributed by atoms with Crippen LogP contribution >= 0.6 is 35.0 Å². The predicted octanol–water partition coefficient (Wildman–Crippen LogP) is 6.52. The van der Waals surface area contributed by atoms with E-state index in [0.29, 0.717) is 15.6 Å². The summed E-state index contributed by atoms with van der Waals surface area (Å²) in [7, 11) is 0. The van der Waals surface area contributed by atoms with E-state index in [1.807, 2.05) is 6.26 Å². The van der Waals surface area contributed by atoms with Crippen molar-refractivity contribution in [1.29, 1.82) is 0 Å². The van der Waals surface area contributed by atoms with Crippen LogP contribution in [0.15, 0.2) is 84.0 Å². The Morgan fingerprint density at radius 3 is 1.63 bits per heavy atom. The normalized spacial score (nSPS) is 11.5. The average Bonchev–Trinajstić information content (AvgIpc) is 2.84. The summed E-state index contributed by atoms with van der Waals surface area (Å²) in [5.41, 5.74) is -1.52. The van der Waals surface area contributed by atoms with Crippen molar-refractivity contribution in [1.82, 2.24) is 0 Å². The molecule has 0 saturated heterocycles. The Kier molecular flexibility index (Phi) is 6.01. The van der Waals surface area contributed by atoms with Gasteiger partial charge in [0.25, 0.3) is 0 Å². The van der Waals surface area contributed by atoms with Gasteiger partial charge in [-0.15, -0.1) is 11.8 Å². The smallest absolute Gasteiger partial charge is 0.344 e. The van der Waals surface area contributed by atoms with Crippen LogP contribution in [0.2, 0.25) is 10.0 Å². The molecule has 6 nitrogen and oxygen atoms in total. The second-order valence-corrected chi connectivity index (χ2v) is 9.54. The zero-order valence-electron chi connectivity index (χ0n) is 18.0. The fourth-order valence-corrected chi connectivity index (χ4v) is 4.88. The van der Waals surface area contributed by atoms with Gasteiger partial charge in [0.05, 0.1) is 27.8 Å². The van der Waals surface area contributed by atoms with Gasteiger partial charge in [-0.2, -0.15) is 0 Å². The van der Waals surface area contributed by atoms with E-state index in [9.17, 15) is 19.8 Å². The first-order valence-corrected chi connectivity index (χ1v) is 12.3. The Morgan fingerprint density at radius 1 is 0.743 bits per heavy atom. The summed E-state index contributed by atoms with van der Waals surface area (Å²) in [6.45, 7) is 0. The molecule has 0 aliphatic heterocycles. The van der Waals surface area contributed by atoms with Gasteiger partial charge in [0.15, 0.2) is 0 Å². The molecule has 0 aliphatic rings. The van der Waals surface area contributed by atoms with Gasteiger partial charge in [-0.3, -0.25) is 0 Å². The fraction of sp³-hybridized carbons (Fsp3) is 0.0769. The summed E-state index contributed by atoms with van der Waals surface area (Å²) in [6, 6.07) is 15.9. The molecule has 2 aromatic heterocycles. The van der Waals surface area contributed by atoms with Gasteiger partial charge in [0.1, 0.15) is 22.7 Å². The van der Waals surface area contributed by atoms with Crippen molar-refractivity contribution in [2.75, 3.05) is 6.26 Å². The number of aromatic hydroxyl groups is 2. The van der Waals surface area contributed by atoms with Crippen LogP contribution in [-0.4, -0.2) is 16.5 Å². The number of rotatable bonds is 4. The monoisotopic (exact) mass is 526 g/mol. The molecule has 0 aliphatic carbocycles. The number of benzene rings is 3. The van der Waals surface area contributed by atoms with E-state index in [2.05, 4.69) is 0 Å². The summed E-state index contributed by atoms with van der Waals surface area (Å²) in [5, 5.41) is 23.5. The molecular weight excluding hydrogens is 511 g/mol. The second kappa shape index (κ2) is 9.00. The Labute approximate surface area is 212 Å². The van der Waals surface area contributed by atoms with Crippen LogP contribution in [0, 0.1) is 0 Å². The minimum absolute atomic E-state index is 0.124. The van der Waals surface area contributed by atoms with Crippen molar-refractivity contribution in [3.63, 3.8) is 0 Å². The lowest BCUT2D eigenvalue weighted by Gasteiger charge is -2.20. The van der Waals surface area contributed by atoms with E-state index >= 15 is 0 Å². The largest absolute Gasteiger partial charge is 0.507 e. The van der Waals surface area contributed by atoms with Crippen molar-refractivity contribution in [2.24, 2.45) is 0 Å². The van der Waals surface area contributed by atoms with Crippen molar-refractivity contribution >= 4 is 56.9 Å². The number of thioether (sulfide) groups is 1. The lowest BCUT2D eigenvalue weighted by Crippen LogP contribution is -2.21. The van der Waals surface area contributed by atoms with Crippen molar-refractivity contribution in [3.8, 4) is 11.5 Å². The SMILES string of the molecule is CSc1ccc(C(c2c(O)c3cc(Cl)ccc3oc2=O)c2c(O)c3cc(Cl)ccc3oc2=O)cc1. The molecular formula is C26H16Cl2O6S. The van der Waals surface area contributed by atoms with Gasteiger partial charge in [0, 0.05) is 14.9 Å². The van der Waals surface area contributed by atoms with Gasteiger partial charge in [-0.25, -0.2) is 9.59 Å². The second-order valence-electron chi connectivity index (χ2n) is 7.79. The third kappa shape index (κ3) is 4.05. The summed E-state index contributed by atoms with van der Waals surface area (Å²) in [5.74, 6) is -2.05. The molecule has 0 radical (unpaired) electrons. The van der Waals surface area contributed by atoms with Crippen molar-refractivity contribution in [3.05, 3.63) is 108 Å². The summed E-state index contributed by atoms with van der Waals surface area (Å²) >= 11 is 13.7. The zero-order chi connectivity index (χ0) is 24.9. The van der Waals surface area contributed by atoms with Crippen molar-refractivity contribution in [2.45, 2.75) is 10.8 Å². The van der Waals surface area contributed by atoms with Crippen LogP contribution in [0.25, 0.3) is 21.9 Å². The topological polar surface area (TPSA) is 101 Å². The molecule has 0 amide bonds. The standard InChI is InChI=1S/C26H16Cl2O6S/c1-35-15-6-2-12(3-7-15)20(21-23(29)16-10-13(27)4-8-18(16)33-25(21)31)22-24(30)17-11-14(28)5-9-19(17)34-26(22)32/h2-11,20,29-30H,1H3.